The zero-order valence-electron chi connectivity index (χ0n) is 14.2. The van der Waals surface area contributed by atoms with E-state index in [0.29, 0.717) is 13.0 Å². The summed E-state index contributed by atoms with van der Waals surface area (Å²) in [6.45, 7) is 3.04. The molecular weight excluding hydrogens is 344 g/mol. The molecule has 132 valence electrons. The van der Waals surface area contributed by atoms with Gasteiger partial charge in [-0.25, -0.2) is 0 Å². The monoisotopic (exact) mass is 368 g/mol. The molecule has 1 unspecified atom stereocenters. The first-order chi connectivity index (χ1) is 11.6. The van der Waals surface area contributed by atoms with Gasteiger partial charge in [0.15, 0.2) is 11.5 Å². The van der Waals surface area contributed by atoms with Crippen molar-refractivity contribution in [2.75, 3.05) is 31.8 Å². The van der Waals surface area contributed by atoms with Gasteiger partial charge in [0.25, 0.3) is 0 Å². The summed E-state index contributed by atoms with van der Waals surface area (Å²) in [6, 6.07) is 6.09. The molecule has 1 atom stereocenters. The lowest BCUT2D eigenvalue weighted by atomic mass is 10.1. The van der Waals surface area contributed by atoms with Crippen LogP contribution in [-0.2, 0) is 13.6 Å². The molecule has 1 aromatic carbocycles. The molecule has 2 aliphatic heterocycles. The van der Waals surface area contributed by atoms with Crippen LogP contribution in [0.3, 0.4) is 0 Å². The van der Waals surface area contributed by atoms with Crippen molar-refractivity contribution in [3.63, 3.8) is 0 Å². The van der Waals surface area contributed by atoms with E-state index < -0.39 is 0 Å². The lowest BCUT2D eigenvalue weighted by Gasteiger charge is -2.36. The van der Waals surface area contributed by atoms with Gasteiger partial charge in [0.1, 0.15) is 11.9 Å². The molecule has 1 aromatic rings. The second-order valence-electron chi connectivity index (χ2n) is 6.15. The third kappa shape index (κ3) is 4.03. The average molecular weight is 369 g/mol. The van der Waals surface area contributed by atoms with Crippen molar-refractivity contribution in [2.24, 2.45) is 0 Å². The summed E-state index contributed by atoms with van der Waals surface area (Å²) >= 11 is 3.76. The Morgan fingerprint density at radius 3 is 2.75 bits per heavy atom. The van der Waals surface area contributed by atoms with E-state index in [1.54, 1.807) is 14.0 Å². The predicted octanol–water partition coefficient (Wildman–Crippen LogP) is 3.86. The van der Waals surface area contributed by atoms with Crippen LogP contribution in [0.4, 0.5) is 0 Å². The summed E-state index contributed by atoms with van der Waals surface area (Å²) in [5, 5.41) is 0. The predicted molar refractivity (Wildman–Crippen MR) is 99.4 cm³/mol. The molecule has 3 rings (SSSR count). The summed E-state index contributed by atoms with van der Waals surface area (Å²) < 4.78 is 16.8. The van der Waals surface area contributed by atoms with Gasteiger partial charge in [-0.15, -0.1) is 23.5 Å². The Bertz CT molecular complexity index is 578. The quantitative estimate of drug-likeness (QED) is 0.760. The zero-order valence-corrected chi connectivity index (χ0v) is 15.8. The highest BCUT2D eigenvalue weighted by molar-refractivity contribution is 8.18. The number of benzene rings is 1. The number of carbonyl (C=O) groups excluding carboxylic acids is 1. The van der Waals surface area contributed by atoms with Gasteiger partial charge in [-0.2, -0.15) is 0 Å². The molecule has 24 heavy (non-hydrogen) atoms. The lowest BCUT2D eigenvalue weighted by molar-refractivity contribution is -0.117. The standard InChI is InChI=1S/C18H24O4S2/c1-13(19)11-18(23-8-3-9-24-18)14-4-5-16(20-2)17(10-14)22-15-6-7-21-12-15/h4-5,10,15H,3,6-9,11-12H2,1-2H3. The van der Waals surface area contributed by atoms with Crippen LogP contribution in [0.2, 0.25) is 0 Å². The molecule has 6 heteroatoms. The third-order valence-electron chi connectivity index (χ3n) is 4.23. The topological polar surface area (TPSA) is 44.8 Å². The second-order valence-corrected chi connectivity index (χ2v) is 9.20. The molecule has 0 saturated carbocycles. The fraction of sp³-hybridized carbons (Fsp3) is 0.611. The fourth-order valence-electron chi connectivity index (χ4n) is 3.06. The van der Waals surface area contributed by atoms with Gasteiger partial charge in [-0.05, 0) is 42.5 Å². The van der Waals surface area contributed by atoms with Gasteiger partial charge >= 0.3 is 0 Å². The lowest BCUT2D eigenvalue weighted by Crippen LogP contribution is -2.26. The van der Waals surface area contributed by atoms with Gasteiger partial charge in [-0.1, -0.05) is 6.07 Å². The maximum Gasteiger partial charge on any atom is 0.162 e. The fourth-order valence-corrected chi connectivity index (χ4v) is 6.52. The largest absolute Gasteiger partial charge is 0.493 e. The number of Topliss-reactive ketones (excluding diaryl/α,β-unsaturated/α-hetero) is 1. The van der Waals surface area contributed by atoms with Crippen LogP contribution in [0.5, 0.6) is 11.5 Å². The van der Waals surface area contributed by atoms with Gasteiger partial charge < -0.3 is 14.2 Å². The van der Waals surface area contributed by atoms with Crippen molar-refractivity contribution in [3.05, 3.63) is 23.8 Å². The summed E-state index contributed by atoms with van der Waals surface area (Å²) in [5.41, 5.74) is 1.14. The minimum Gasteiger partial charge on any atom is -0.493 e. The number of ketones is 1. The number of methoxy groups -OCH3 is 1. The van der Waals surface area contributed by atoms with Gasteiger partial charge in [0, 0.05) is 12.8 Å². The van der Waals surface area contributed by atoms with Crippen LogP contribution in [0.1, 0.15) is 31.7 Å². The number of hydrogen-bond acceptors (Lipinski definition) is 6. The Balaban J connectivity index is 1.91. The molecule has 0 bridgehead atoms. The number of rotatable bonds is 6. The van der Waals surface area contributed by atoms with Crippen molar-refractivity contribution in [1.82, 2.24) is 0 Å². The number of hydrogen-bond donors (Lipinski definition) is 0. The number of carbonyl (C=O) groups is 1. The molecule has 0 radical (unpaired) electrons. The first-order valence-electron chi connectivity index (χ1n) is 8.33. The summed E-state index contributed by atoms with van der Waals surface area (Å²) in [4.78, 5) is 11.9. The highest BCUT2D eigenvalue weighted by Gasteiger charge is 2.37. The van der Waals surface area contributed by atoms with E-state index in [0.717, 1.165) is 41.6 Å². The molecule has 2 heterocycles. The van der Waals surface area contributed by atoms with E-state index in [2.05, 4.69) is 12.1 Å². The van der Waals surface area contributed by atoms with E-state index >= 15 is 0 Å². The Kier molecular flexibility index (Phi) is 6.00. The molecule has 2 fully saturated rings. The first-order valence-corrected chi connectivity index (χ1v) is 10.3. The molecule has 4 nitrogen and oxygen atoms in total. The summed E-state index contributed by atoms with van der Waals surface area (Å²) in [5.74, 6) is 3.87. The molecule has 2 aliphatic rings. The van der Waals surface area contributed by atoms with Crippen molar-refractivity contribution in [1.29, 1.82) is 0 Å². The van der Waals surface area contributed by atoms with E-state index in [1.807, 2.05) is 29.6 Å². The van der Waals surface area contributed by atoms with Crippen LogP contribution >= 0.6 is 23.5 Å². The third-order valence-corrected chi connectivity index (χ3v) is 7.61. The molecular formula is C18H24O4S2. The normalized spacial score (nSPS) is 23.0. The Hall–Kier alpha value is -0.850. The minimum absolute atomic E-state index is 0.0737. The SMILES string of the molecule is COc1ccc(C2(CC(C)=O)SCCCS2)cc1OC1CCOC1. The maximum absolute atomic E-state index is 11.9. The molecule has 0 spiro atoms. The smallest absolute Gasteiger partial charge is 0.162 e. The highest BCUT2D eigenvalue weighted by atomic mass is 32.2. The van der Waals surface area contributed by atoms with E-state index in [9.17, 15) is 4.79 Å². The van der Waals surface area contributed by atoms with Gasteiger partial charge in [0.2, 0.25) is 0 Å². The minimum atomic E-state index is -0.208. The molecule has 2 saturated heterocycles. The van der Waals surface area contributed by atoms with Crippen molar-refractivity contribution >= 4 is 29.3 Å². The Labute approximate surface area is 152 Å². The zero-order chi connectivity index (χ0) is 17.0. The van der Waals surface area contributed by atoms with Crippen LogP contribution in [0.25, 0.3) is 0 Å². The second kappa shape index (κ2) is 8.02. The molecule has 0 aromatic heterocycles. The first kappa shape index (κ1) is 18.0. The Morgan fingerprint density at radius 1 is 1.33 bits per heavy atom. The van der Waals surface area contributed by atoms with Crippen LogP contribution in [0, 0.1) is 0 Å². The van der Waals surface area contributed by atoms with E-state index in [1.165, 1.54) is 6.42 Å². The van der Waals surface area contributed by atoms with Crippen molar-refractivity contribution in [3.8, 4) is 11.5 Å². The molecule has 0 aliphatic carbocycles. The van der Waals surface area contributed by atoms with Gasteiger partial charge in [0.05, 0.1) is 24.4 Å². The average Bonchev–Trinajstić information content (AvgIpc) is 3.08. The van der Waals surface area contributed by atoms with Crippen molar-refractivity contribution < 1.29 is 19.0 Å². The summed E-state index contributed by atoms with van der Waals surface area (Å²) in [7, 11) is 1.66. The summed E-state index contributed by atoms with van der Waals surface area (Å²) in [6.07, 6.45) is 2.70. The van der Waals surface area contributed by atoms with Crippen LogP contribution in [-0.4, -0.2) is 43.7 Å². The molecule has 0 N–H and O–H groups in total. The van der Waals surface area contributed by atoms with Crippen molar-refractivity contribution in [2.45, 2.75) is 36.4 Å². The van der Waals surface area contributed by atoms with E-state index in [-0.39, 0.29) is 16.0 Å². The van der Waals surface area contributed by atoms with Gasteiger partial charge in [-0.3, -0.25) is 4.79 Å². The van der Waals surface area contributed by atoms with E-state index in [4.69, 9.17) is 14.2 Å². The maximum atomic E-state index is 11.9. The molecule has 0 amide bonds. The van der Waals surface area contributed by atoms with Crippen LogP contribution in [0.15, 0.2) is 18.2 Å². The number of thioether (sulfide) groups is 2. The Morgan fingerprint density at radius 2 is 2.12 bits per heavy atom. The number of ether oxygens (including phenoxy) is 3. The highest BCUT2D eigenvalue weighted by Crippen LogP contribution is 2.54. The van der Waals surface area contributed by atoms with Crippen LogP contribution < -0.4 is 9.47 Å².